The van der Waals surface area contributed by atoms with Gasteiger partial charge in [-0.2, -0.15) is 0 Å². The van der Waals surface area contributed by atoms with Gasteiger partial charge in [0.25, 0.3) is 0 Å². The Morgan fingerprint density at radius 3 is 2.60 bits per heavy atom. The van der Waals surface area contributed by atoms with Gasteiger partial charge in [-0.15, -0.1) is 11.3 Å². The lowest BCUT2D eigenvalue weighted by molar-refractivity contribution is -0.115. The first kappa shape index (κ1) is 19.4. The lowest BCUT2D eigenvalue weighted by atomic mass is 10.1. The summed E-state index contributed by atoms with van der Waals surface area (Å²) in [7, 11) is 1.65. The standard InChI is InChI=1S/C19H27N3O2S/c1-6-22(7-2)15-8-9-16(13(3)10-15)21-18(23)11-17-14(4)20-19(25-17)12-24-5/h8-10H,6-7,11-12H2,1-5H3,(H,21,23). The molecular weight excluding hydrogens is 334 g/mol. The molecule has 6 heteroatoms. The Bertz CT molecular complexity index is 723. The van der Waals surface area contributed by atoms with Crippen molar-refractivity contribution in [2.75, 3.05) is 30.4 Å². The molecule has 2 rings (SSSR count). The number of amides is 1. The van der Waals surface area contributed by atoms with Crippen molar-refractivity contribution in [3.63, 3.8) is 0 Å². The molecule has 0 saturated carbocycles. The lowest BCUT2D eigenvalue weighted by Gasteiger charge is -2.22. The summed E-state index contributed by atoms with van der Waals surface area (Å²) in [5.74, 6) is -0.0191. The number of ether oxygens (including phenoxy) is 1. The van der Waals surface area contributed by atoms with E-state index in [4.69, 9.17) is 4.74 Å². The van der Waals surface area contributed by atoms with Crippen molar-refractivity contribution >= 4 is 28.6 Å². The highest BCUT2D eigenvalue weighted by Gasteiger charge is 2.13. The van der Waals surface area contributed by atoms with Crippen molar-refractivity contribution in [2.24, 2.45) is 0 Å². The van der Waals surface area contributed by atoms with Gasteiger partial charge >= 0.3 is 0 Å². The van der Waals surface area contributed by atoms with E-state index in [9.17, 15) is 4.79 Å². The molecule has 0 bridgehead atoms. The van der Waals surface area contributed by atoms with Gasteiger partial charge in [-0.3, -0.25) is 4.79 Å². The molecular formula is C19H27N3O2S. The van der Waals surface area contributed by atoms with Crippen molar-refractivity contribution in [1.82, 2.24) is 4.98 Å². The summed E-state index contributed by atoms with van der Waals surface area (Å²) in [5, 5.41) is 3.92. The van der Waals surface area contributed by atoms with E-state index in [2.05, 4.69) is 41.2 Å². The van der Waals surface area contributed by atoms with Crippen LogP contribution in [0, 0.1) is 13.8 Å². The van der Waals surface area contributed by atoms with Crippen LogP contribution in [-0.4, -0.2) is 31.1 Å². The van der Waals surface area contributed by atoms with Crippen LogP contribution in [-0.2, 0) is 22.6 Å². The number of anilines is 2. The molecule has 5 nitrogen and oxygen atoms in total. The number of nitrogens with zero attached hydrogens (tertiary/aromatic N) is 2. The number of aromatic nitrogens is 1. The van der Waals surface area contributed by atoms with Gasteiger partial charge in [0.2, 0.25) is 5.91 Å². The third-order valence-corrected chi connectivity index (χ3v) is 5.27. The van der Waals surface area contributed by atoms with Gasteiger partial charge in [-0.1, -0.05) is 0 Å². The van der Waals surface area contributed by atoms with E-state index < -0.39 is 0 Å². The Hall–Kier alpha value is -1.92. The van der Waals surface area contributed by atoms with Crippen LogP contribution in [0.15, 0.2) is 18.2 Å². The SMILES string of the molecule is CCN(CC)c1ccc(NC(=O)Cc2sc(COC)nc2C)c(C)c1. The van der Waals surface area contributed by atoms with Gasteiger partial charge < -0.3 is 15.0 Å². The second-order valence-electron chi connectivity index (χ2n) is 5.95. The zero-order valence-corrected chi connectivity index (χ0v) is 16.5. The summed E-state index contributed by atoms with van der Waals surface area (Å²) in [5.41, 5.74) is 4.02. The molecule has 136 valence electrons. The normalized spacial score (nSPS) is 10.8. The molecule has 0 unspecified atom stereocenters. The third-order valence-electron chi connectivity index (χ3n) is 4.14. The summed E-state index contributed by atoms with van der Waals surface area (Å²) in [6.07, 6.45) is 0.338. The zero-order valence-electron chi connectivity index (χ0n) is 15.7. The number of thiazole rings is 1. The van der Waals surface area contributed by atoms with Crippen LogP contribution in [0.3, 0.4) is 0 Å². The number of methoxy groups -OCH3 is 1. The minimum absolute atomic E-state index is 0.0191. The van der Waals surface area contributed by atoms with Crippen LogP contribution in [0.4, 0.5) is 11.4 Å². The molecule has 0 saturated heterocycles. The summed E-state index contributed by atoms with van der Waals surface area (Å²) >= 11 is 1.54. The van der Waals surface area contributed by atoms with Gasteiger partial charge in [0.05, 0.1) is 18.7 Å². The van der Waals surface area contributed by atoms with Crippen LogP contribution in [0.5, 0.6) is 0 Å². The van der Waals surface area contributed by atoms with Gasteiger partial charge in [0, 0.05) is 36.5 Å². The Kier molecular flexibility index (Phi) is 6.96. The quantitative estimate of drug-likeness (QED) is 0.774. The molecule has 1 aromatic carbocycles. The first-order chi connectivity index (χ1) is 12.0. The number of rotatable bonds is 8. The summed E-state index contributed by atoms with van der Waals surface area (Å²) in [6.45, 7) is 10.7. The Morgan fingerprint density at radius 1 is 1.28 bits per heavy atom. The van der Waals surface area contributed by atoms with Crippen LogP contribution in [0.1, 0.15) is 35.0 Å². The van der Waals surface area contributed by atoms with Gasteiger partial charge in [-0.05, 0) is 51.5 Å². The molecule has 25 heavy (non-hydrogen) atoms. The first-order valence-electron chi connectivity index (χ1n) is 8.58. The second-order valence-corrected chi connectivity index (χ2v) is 7.11. The van der Waals surface area contributed by atoms with Crippen LogP contribution < -0.4 is 10.2 Å². The summed E-state index contributed by atoms with van der Waals surface area (Å²) < 4.78 is 5.10. The first-order valence-corrected chi connectivity index (χ1v) is 9.39. The molecule has 1 heterocycles. The zero-order chi connectivity index (χ0) is 18.4. The van der Waals surface area contributed by atoms with E-state index in [1.54, 1.807) is 7.11 Å². The fraction of sp³-hybridized carbons (Fsp3) is 0.474. The van der Waals surface area contributed by atoms with Gasteiger partial charge in [0.1, 0.15) is 5.01 Å². The molecule has 0 aliphatic carbocycles. The number of carbonyl (C=O) groups is 1. The molecule has 1 aromatic heterocycles. The largest absolute Gasteiger partial charge is 0.378 e. The number of nitrogens with one attached hydrogen (secondary N) is 1. The number of hydrogen-bond acceptors (Lipinski definition) is 5. The topological polar surface area (TPSA) is 54.5 Å². The summed E-state index contributed by atoms with van der Waals surface area (Å²) in [4.78, 5) is 20.1. The predicted octanol–water partition coefficient (Wildman–Crippen LogP) is 3.93. The van der Waals surface area contributed by atoms with Crippen LogP contribution in [0.2, 0.25) is 0 Å². The molecule has 0 aliphatic heterocycles. The highest BCUT2D eigenvalue weighted by molar-refractivity contribution is 7.11. The molecule has 0 fully saturated rings. The fourth-order valence-corrected chi connectivity index (χ4v) is 3.79. The Labute approximate surface area is 154 Å². The molecule has 0 radical (unpaired) electrons. The molecule has 0 spiro atoms. The molecule has 0 atom stereocenters. The maximum Gasteiger partial charge on any atom is 0.229 e. The highest BCUT2D eigenvalue weighted by atomic mass is 32.1. The number of aryl methyl sites for hydroxylation is 2. The monoisotopic (exact) mass is 361 g/mol. The van der Waals surface area contributed by atoms with Crippen LogP contribution >= 0.6 is 11.3 Å². The molecule has 0 aliphatic rings. The van der Waals surface area contributed by atoms with Gasteiger partial charge in [-0.25, -0.2) is 4.98 Å². The Balaban J connectivity index is 2.05. The van der Waals surface area contributed by atoms with Gasteiger partial charge in [0.15, 0.2) is 0 Å². The second kappa shape index (κ2) is 8.97. The van der Waals surface area contributed by atoms with E-state index >= 15 is 0 Å². The molecule has 2 aromatic rings. The van der Waals surface area contributed by atoms with Crippen molar-refractivity contribution < 1.29 is 9.53 Å². The minimum atomic E-state index is -0.0191. The predicted molar refractivity (Wildman–Crippen MR) is 105 cm³/mol. The molecule has 1 amide bonds. The average molecular weight is 362 g/mol. The maximum absolute atomic E-state index is 12.4. The smallest absolute Gasteiger partial charge is 0.229 e. The maximum atomic E-state index is 12.4. The number of hydrogen-bond donors (Lipinski definition) is 1. The van der Waals surface area contributed by atoms with E-state index in [-0.39, 0.29) is 5.91 Å². The van der Waals surface area contributed by atoms with E-state index in [1.807, 2.05) is 19.9 Å². The van der Waals surface area contributed by atoms with E-state index in [1.165, 1.54) is 17.0 Å². The molecule has 1 N–H and O–H groups in total. The third kappa shape index (κ3) is 5.03. The van der Waals surface area contributed by atoms with Crippen molar-refractivity contribution in [1.29, 1.82) is 0 Å². The van der Waals surface area contributed by atoms with Crippen molar-refractivity contribution in [3.05, 3.63) is 39.3 Å². The Morgan fingerprint density at radius 2 is 2.00 bits per heavy atom. The van der Waals surface area contributed by atoms with Crippen molar-refractivity contribution in [3.8, 4) is 0 Å². The van der Waals surface area contributed by atoms with Crippen LogP contribution in [0.25, 0.3) is 0 Å². The number of benzene rings is 1. The summed E-state index contributed by atoms with van der Waals surface area (Å²) in [6, 6.07) is 6.16. The van der Waals surface area contributed by atoms with E-state index in [0.717, 1.165) is 39.9 Å². The average Bonchev–Trinajstić information content (AvgIpc) is 2.91. The number of carbonyl (C=O) groups excluding carboxylic acids is 1. The highest BCUT2D eigenvalue weighted by Crippen LogP contribution is 2.24. The van der Waals surface area contributed by atoms with E-state index in [0.29, 0.717) is 13.0 Å². The van der Waals surface area contributed by atoms with Crippen molar-refractivity contribution in [2.45, 2.75) is 40.7 Å². The lowest BCUT2D eigenvalue weighted by Crippen LogP contribution is -2.22. The fourth-order valence-electron chi connectivity index (χ4n) is 2.75. The minimum Gasteiger partial charge on any atom is -0.378 e.